The van der Waals surface area contributed by atoms with Crippen LogP contribution in [0.4, 0.5) is 0 Å². The quantitative estimate of drug-likeness (QED) is 0.694. The van der Waals surface area contributed by atoms with E-state index in [4.69, 9.17) is 0 Å². The normalized spacial score (nSPS) is 24.7. The summed E-state index contributed by atoms with van der Waals surface area (Å²) in [6.07, 6.45) is 8.80. The molecule has 29 heavy (non-hydrogen) atoms. The Balaban J connectivity index is 1.74. The zero-order valence-electron chi connectivity index (χ0n) is 17.5. The van der Waals surface area contributed by atoms with Gasteiger partial charge in [-0.25, -0.2) is 21.6 Å². The summed E-state index contributed by atoms with van der Waals surface area (Å²) in [5.74, 6) is 0.644. The van der Waals surface area contributed by atoms with Crippen molar-refractivity contribution in [1.82, 2.24) is 9.03 Å². The van der Waals surface area contributed by atoms with Gasteiger partial charge in [0.15, 0.2) is 0 Å². The number of nitrogens with one attached hydrogen (secondary N) is 1. The number of hydrogen-bond acceptors (Lipinski definition) is 4. The third kappa shape index (κ3) is 5.40. The molecular formula is C21H34N2O4S2. The van der Waals surface area contributed by atoms with Gasteiger partial charge in [0.1, 0.15) is 0 Å². The molecule has 1 aromatic carbocycles. The molecule has 0 amide bonds. The summed E-state index contributed by atoms with van der Waals surface area (Å²) in [5.41, 5.74) is 0. The predicted octanol–water partition coefficient (Wildman–Crippen LogP) is 3.89. The van der Waals surface area contributed by atoms with Gasteiger partial charge in [0.2, 0.25) is 20.0 Å². The minimum Gasteiger partial charge on any atom is -0.208 e. The van der Waals surface area contributed by atoms with Crippen LogP contribution in [-0.4, -0.2) is 39.8 Å². The first kappa shape index (κ1) is 22.7. The lowest BCUT2D eigenvalue weighted by Gasteiger charge is -2.32. The van der Waals surface area contributed by atoms with Crippen LogP contribution in [0.25, 0.3) is 0 Å². The van der Waals surface area contributed by atoms with E-state index in [1.807, 2.05) is 6.92 Å². The third-order valence-corrected chi connectivity index (χ3v) is 9.95. The van der Waals surface area contributed by atoms with Crippen LogP contribution in [0.1, 0.15) is 71.6 Å². The fourth-order valence-electron chi connectivity index (χ4n) is 4.58. The van der Waals surface area contributed by atoms with Gasteiger partial charge in [-0.15, -0.1) is 0 Å². The highest BCUT2D eigenvalue weighted by Crippen LogP contribution is 2.29. The molecule has 0 radical (unpaired) electrons. The Hall–Kier alpha value is -0.960. The van der Waals surface area contributed by atoms with Gasteiger partial charge in [-0.1, -0.05) is 33.1 Å². The average molecular weight is 443 g/mol. The lowest BCUT2D eigenvalue weighted by Crippen LogP contribution is -2.41. The maximum absolute atomic E-state index is 13.1. The van der Waals surface area contributed by atoms with Crippen molar-refractivity contribution in [1.29, 1.82) is 0 Å². The standard InChI is InChI=1S/C21H34N2O4S2/c1-3-23(19-7-5-4-6-8-19)29(26,27)21-15-13-20(14-16-21)28(24,25)22-18-11-9-17(2)10-12-18/h13-19,22H,3-12H2,1-2H3. The smallest absolute Gasteiger partial charge is 0.208 e. The van der Waals surface area contributed by atoms with Crippen molar-refractivity contribution in [3.8, 4) is 0 Å². The Morgan fingerprint density at radius 3 is 1.97 bits per heavy atom. The molecule has 0 bridgehead atoms. The van der Waals surface area contributed by atoms with Crippen LogP contribution in [0, 0.1) is 5.92 Å². The number of benzene rings is 1. The summed E-state index contributed by atoms with van der Waals surface area (Å²) in [4.78, 5) is 0.283. The van der Waals surface area contributed by atoms with E-state index in [2.05, 4.69) is 11.6 Å². The maximum atomic E-state index is 13.1. The Morgan fingerprint density at radius 1 is 0.862 bits per heavy atom. The largest absolute Gasteiger partial charge is 0.243 e. The molecule has 0 saturated heterocycles. The molecular weight excluding hydrogens is 408 g/mol. The van der Waals surface area contributed by atoms with Crippen molar-refractivity contribution in [2.45, 2.75) is 93.5 Å². The molecule has 0 spiro atoms. The van der Waals surface area contributed by atoms with E-state index in [9.17, 15) is 16.8 Å². The van der Waals surface area contributed by atoms with Gasteiger partial charge in [0.25, 0.3) is 0 Å². The van der Waals surface area contributed by atoms with Crippen LogP contribution in [0.5, 0.6) is 0 Å². The van der Waals surface area contributed by atoms with Crippen molar-refractivity contribution in [2.24, 2.45) is 5.92 Å². The summed E-state index contributed by atoms with van der Waals surface area (Å²) >= 11 is 0. The lowest BCUT2D eigenvalue weighted by atomic mass is 9.88. The number of sulfonamides is 2. The van der Waals surface area contributed by atoms with Gasteiger partial charge in [-0.2, -0.15) is 4.31 Å². The Morgan fingerprint density at radius 2 is 1.41 bits per heavy atom. The molecule has 6 nitrogen and oxygen atoms in total. The molecule has 2 fully saturated rings. The monoisotopic (exact) mass is 442 g/mol. The van der Waals surface area contributed by atoms with Gasteiger partial charge < -0.3 is 0 Å². The van der Waals surface area contributed by atoms with Crippen LogP contribution in [-0.2, 0) is 20.0 Å². The Bertz CT molecular complexity index is 868. The first-order chi connectivity index (χ1) is 13.7. The van der Waals surface area contributed by atoms with E-state index in [1.165, 1.54) is 24.3 Å². The van der Waals surface area contributed by atoms with Crippen LogP contribution in [0.3, 0.4) is 0 Å². The van der Waals surface area contributed by atoms with Crippen molar-refractivity contribution >= 4 is 20.0 Å². The van der Waals surface area contributed by atoms with E-state index < -0.39 is 20.0 Å². The molecule has 8 heteroatoms. The molecule has 0 aliphatic heterocycles. The van der Waals surface area contributed by atoms with E-state index in [1.54, 1.807) is 4.31 Å². The van der Waals surface area contributed by atoms with E-state index in [-0.39, 0.29) is 21.9 Å². The van der Waals surface area contributed by atoms with E-state index in [0.29, 0.717) is 12.5 Å². The fraction of sp³-hybridized carbons (Fsp3) is 0.714. The van der Waals surface area contributed by atoms with Crippen LogP contribution in [0.15, 0.2) is 34.1 Å². The molecule has 3 rings (SSSR count). The van der Waals surface area contributed by atoms with Crippen molar-refractivity contribution < 1.29 is 16.8 Å². The summed E-state index contributed by atoms with van der Waals surface area (Å²) < 4.78 is 56.1. The summed E-state index contributed by atoms with van der Waals surface area (Å²) in [7, 11) is -7.27. The molecule has 1 aromatic rings. The molecule has 0 unspecified atom stereocenters. The van der Waals surface area contributed by atoms with E-state index in [0.717, 1.165) is 57.8 Å². The predicted molar refractivity (Wildman–Crippen MR) is 115 cm³/mol. The van der Waals surface area contributed by atoms with Gasteiger partial charge in [0, 0.05) is 18.6 Å². The highest BCUT2D eigenvalue weighted by molar-refractivity contribution is 7.89. The minimum atomic E-state index is -3.64. The molecule has 0 atom stereocenters. The zero-order valence-corrected chi connectivity index (χ0v) is 19.1. The van der Waals surface area contributed by atoms with Crippen molar-refractivity contribution in [2.75, 3.05) is 6.54 Å². The third-order valence-electron chi connectivity index (χ3n) is 6.37. The number of rotatable bonds is 7. The molecule has 0 aromatic heterocycles. The minimum absolute atomic E-state index is 0.0394. The first-order valence-corrected chi connectivity index (χ1v) is 13.8. The van der Waals surface area contributed by atoms with Gasteiger partial charge in [-0.05, 0) is 68.7 Å². The van der Waals surface area contributed by atoms with Gasteiger partial charge >= 0.3 is 0 Å². The second-order valence-electron chi connectivity index (χ2n) is 8.55. The van der Waals surface area contributed by atoms with Gasteiger partial charge in [0.05, 0.1) is 9.79 Å². The summed E-state index contributed by atoms with van der Waals surface area (Å²) in [6.45, 7) is 4.48. The summed E-state index contributed by atoms with van der Waals surface area (Å²) in [5, 5.41) is 0. The first-order valence-electron chi connectivity index (χ1n) is 10.9. The zero-order chi connectivity index (χ0) is 21.1. The molecule has 2 aliphatic carbocycles. The van der Waals surface area contributed by atoms with Gasteiger partial charge in [-0.3, -0.25) is 0 Å². The number of nitrogens with zero attached hydrogens (tertiary/aromatic N) is 1. The molecule has 2 aliphatic rings. The SMILES string of the molecule is CCN(C1CCCCC1)S(=O)(=O)c1ccc(S(=O)(=O)NC2CCC(C)CC2)cc1. The van der Waals surface area contributed by atoms with E-state index >= 15 is 0 Å². The topological polar surface area (TPSA) is 83.6 Å². The molecule has 1 N–H and O–H groups in total. The maximum Gasteiger partial charge on any atom is 0.243 e. The second-order valence-corrected chi connectivity index (χ2v) is 12.2. The molecule has 0 heterocycles. The van der Waals surface area contributed by atoms with Crippen molar-refractivity contribution in [3.05, 3.63) is 24.3 Å². The summed E-state index contributed by atoms with van der Waals surface area (Å²) in [6, 6.07) is 5.68. The van der Waals surface area contributed by atoms with Crippen LogP contribution < -0.4 is 4.72 Å². The number of hydrogen-bond donors (Lipinski definition) is 1. The lowest BCUT2D eigenvalue weighted by molar-refractivity contribution is 0.261. The molecule has 2 saturated carbocycles. The van der Waals surface area contributed by atoms with Crippen LogP contribution >= 0.6 is 0 Å². The Kier molecular flexibility index (Phi) is 7.41. The highest BCUT2D eigenvalue weighted by atomic mass is 32.2. The fourth-order valence-corrected chi connectivity index (χ4v) is 7.58. The van der Waals surface area contributed by atoms with Crippen LogP contribution in [0.2, 0.25) is 0 Å². The average Bonchev–Trinajstić information content (AvgIpc) is 2.71. The Labute approximate surface area is 176 Å². The van der Waals surface area contributed by atoms with Crippen molar-refractivity contribution in [3.63, 3.8) is 0 Å². The second kappa shape index (κ2) is 9.45. The highest BCUT2D eigenvalue weighted by Gasteiger charge is 2.31. The molecule has 164 valence electrons.